The molecule has 0 aliphatic heterocycles. The summed E-state index contributed by atoms with van der Waals surface area (Å²) in [7, 11) is 1.69. The number of anilines is 1. The van der Waals surface area contributed by atoms with Gasteiger partial charge in [-0.1, -0.05) is 6.07 Å². The van der Waals surface area contributed by atoms with E-state index in [1.54, 1.807) is 37.4 Å². The first kappa shape index (κ1) is 13.8. The topological polar surface area (TPSA) is 57.0 Å². The number of carbonyl (C=O) groups excluding carboxylic acids is 1. The van der Waals surface area contributed by atoms with Crippen LogP contribution in [0.25, 0.3) is 0 Å². The second-order valence-corrected chi connectivity index (χ2v) is 4.61. The molecule has 0 aliphatic rings. The number of benzene rings is 1. The van der Waals surface area contributed by atoms with Crippen molar-refractivity contribution in [2.45, 2.75) is 13.8 Å². The third kappa shape index (κ3) is 2.67. The van der Waals surface area contributed by atoms with Crippen LogP contribution in [0.15, 0.2) is 36.4 Å². The van der Waals surface area contributed by atoms with Crippen LogP contribution >= 0.6 is 0 Å². The zero-order valence-corrected chi connectivity index (χ0v) is 11.7. The van der Waals surface area contributed by atoms with Gasteiger partial charge in [-0.25, -0.2) is 0 Å². The summed E-state index contributed by atoms with van der Waals surface area (Å²) in [6.45, 7) is 3.71. The number of amides is 1. The Hall–Kier alpha value is -2.67. The highest BCUT2D eigenvalue weighted by Crippen LogP contribution is 2.18. The number of hydrogen-bond donors (Lipinski definition) is 0. The van der Waals surface area contributed by atoms with Crippen molar-refractivity contribution in [1.82, 2.24) is 4.98 Å². The molecule has 4 nitrogen and oxygen atoms in total. The fourth-order valence-electron chi connectivity index (χ4n) is 1.99. The van der Waals surface area contributed by atoms with Gasteiger partial charge in [-0.2, -0.15) is 5.26 Å². The molecule has 4 heteroatoms. The van der Waals surface area contributed by atoms with E-state index in [9.17, 15) is 4.79 Å². The Bertz CT molecular complexity index is 701. The van der Waals surface area contributed by atoms with Crippen molar-refractivity contribution in [1.29, 1.82) is 5.26 Å². The molecule has 0 radical (unpaired) electrons. The molecule has 0 atom stereocenters. The van der Waals surface area contributed by atoms with Gasteiger partial charge in [0, 0.05) is 18.4 Å². The number of hydrogen-bond acceptors (Lipinski definition) is 3. The van der Waals surface area contributed by atoms with Gasteiger partial charge in [0.15, 0.2) is 0 Å². The van der Waals surface area contributed by atoms with Crippen LogP contribution in [0.2, 0.25) is 0 Å². The molecule has 0 N–H and O–H groups in total. The van der Waals surface area contributed by atoms with Gasteiger partial charge >= 0.3 is 0 Å². The third-order valence-electron chi connectivity index (χ3n) is 3.12. The van der Waals surface area contributed by atoms with Crippen molar-refractivity contribution < 1.29 is 4.79 Å². The Morgan fingerprint density at radius 2 is 2.00 bits per heavy atom. The molecule has 1 heterocycles. The van der Waals surface area contributed by atoms with Crippen LogP contribution in [0.3, 0.4) is 0 Å². The second kappa shape index (κ2) is 5.54. The number of aryl methyl sites for hydroxylation is 2. The summed E-state index contributed by atoms with van der Waals surface area (Å²) < 4.78 is 0. The van der Waals surface area contributed by atoms with Crippen molar-refractivity contribution in [2.24, 2.45) is 0 Å². The number of nitriles is 1. The normalized spacial score (nSPS) is 9.90. The first-order valence-electron chi connectivity index (χ1n) is 6.25. The number of nitrogens with zero attached hydrogens (tertiary/aromatic N) is 3. The van der Waals surface area contributed by atoms with E-state index >= 15 is 0 Å². The van der Waals surface area contributed by atoms with E-state index < -0.39 is 0 Å². The minimum atomic E-state index is -0.134. The van der Waals surface area contributed by atoms with Crippen molar-refractivity contribution in [3.63, 3.8) is 0 Å². The average molecular weight is 265 g/mol. The first-order chi connectivity index (χ1) is 9.52. The monoisotopic (exact) mass is 265 g/mol. The third-order valence-corrected chi connectivity index (χ3v) is 3.12. The van der Waals surface area contributed by atoms with Crippen LogP contribution < -0.4 is 4.90 Å². The standard InChI is InChI=1S/C16H15N3O/c1-11-7-8-15(12(2)18-11)16(20)19(3)14-6-4-5-13(9-14)10-17/h4-9H,1-3H3. The lowest BCUT2D eigenvalue weighted by atomic mass is 10.1. The van der Waals surface area contributed by atoms with Gasteiger partial charge in [-0.15, -0.1) is 0 Å². The van der Waals surface area contributed by atoms with Gasteiger partial charge in [-0.05, 0) is 44.2 Å². The molecule has 0 unspecified atom stereocenters. The molecular weight excluding hydrogens is 250 g/mol. The maximum Gasteiger partial charge on any atom is 0.259 e. The Labute approximate surface area is 118 Å². The summed E-state index contributed by atoms with van der Waals surface area (Å²) in [6.07, 6.45) is 0. The lowest BCUT2D eigenvalue weighted by Crippen LogP contribution is -2.27. The predicted octanol–water partition coefficient (Wildman–Crippen LogP) is 2.85. The molecule has 2 aromatic rings. The Morgan fingerprint density at radius 1 is 1.25 bits per heavy atom. The van der Waals surface area contributed by atoms with Gasteiger partial charge in [-0.3, -0.25) is 9.78 Å². The molecule has 0 saturated carbocycles. The van der Waals surface area contributed by atoms with Gasteiger partial charge in [0.05, 0.1) is 22.9 Å². The Balaban J connectivity index is 2.35. The van der Waals surface area contributed by atoms with Crippen LogP contribution in [0, 0.1) is 25.2 Å². The van der Waals surface area contributed by atoms with E-state index in [-0.39, 0.29) is 5.91 Å². The van der Waals surface area contributed by atoms with E-state index in [1.165, 1.54) is 4.90 Å². The largest absolute Gasteiger partial charge is 0.311 e. The number of aromatic nitrogens is 1. The minimum absolute atomic E-state index is 0.134. The van der Waals surface area contributed by atoms with E-state index in [4.69, 9.17) is 5.26 Å². The van der Waals surface area contributed by atoms with Crippen molar-refractivity contribution in [3.05, 3.63) is 58.9 Å². The maximum absolute atomic E-state index is 12.5. The molecule has 0 saturated heterocycles. The lowest BCUT2D eigenvalue weighted by Gasteiger charge is -2.18. The van der Waals surface area contributed by atoms with Crippen molar-refractivity contribution in [2.75, 3.05) is 11.9 Å². The van der Waals surface area contributed by atoms with Crippen LogP contribution in [-0.4, -0.2) is 17.9 Å². The summed E-state index contributed by atoms with van der Waals surface area (Å²) in [6, 6.07) is 12.6. The SMILES string of the molecule is Cc1ccc(C(=O)N(C)c2cccc(C#N)c2)c(C)n1. The molecule has 100 valence electrons. The highest BCUT2D eigenvalue weighted by atomic mass is 16.2. The minimum Gasteiger partial charge on any atom is -0.311 e. The number of rotatable bonds is 2. The van der Waals surface area contributed by atoms with E-state index in [1.807, 2.05) is 19.9 Å². The molecule has 0 bridgehead atoms. The molecule has 1 aromatic carbocycles. The predicted molar refractivity (Wildman–Crippen MR) is 77.6 cm³/mol. The molecular formula is C16H15N3O. The average Bonchev–Trinajstić information content (AvgIpc) is 2.46. The Kier molecular flexibility index (Phi) is 3.81. The second-order valence-electron chi connectivity index (χ2n) is 4.61. The fourth-order valence-corrected chi connectivity index (χ4v) is 1.99. The van der Waals surface area contributed by atoms with E-state index in [0.29, 0.717) is 22.5 Å². The molecule has 1 aromatic heterocycles. The molecule has 0 spiro atoms. The maximum atomic E-state index is 12.5. The van der Waals surface area contributed by atoms with Crippen LogP contribution in [0.4, 0.5) is 5.69 Å². The van der Waals surface area contributed by atoms with Crippen LogP contribution in [0.1, 0.15) is 27.3 Å². The summed E-state index contributed by atoms with van der Waals surface area (Å²) in [4.78, 5) is 18.3. The Morgan fingerprint density at radius 3 is 2.65 bits per heavy atom. The molecule has 2 rings (SSSR count). The van der Waals surface area contributed by atoms with Gasteiger partial charge in [0.2, 0.25) is 0 Å². The quantitative estimate of drug-likeness (QED) is 0.839. The summed E-state index contributed by atoms with van der Waals surface area (Å²) in [5.74, 6) is -0.134. The highest BCUT2D eigenvalue weighted by Gasteiger charge is 2.16. The van der Waals surface area contributed by atoms with E-state index in [0.717, 1.165) is 5.69 Å². The van der Waals surface area contributed by atoms with E-state index in [2.05, 4.69) is 11.1 Å². The van der Waals surface area contributed by atoms with Gasteiger partial charge in [0.1, 0.15) is 0 Å². The fraction of sp³-hybridized carbons (Fsp3) is 0.188. The summed E-state index contributed by atoms with van der Waals surface area (Å²) in [5.41, 5.74) is 3.38. The van der Waals surface area contributed by atoms with Gasteiger partial charge in [0.25, 0.3) is 5.91 Å². The summed E-state index contributed by atoms with van der Waals surface area (Å²) >= 11 is 0. The zero-order chi connectivity index (χ0) is 14.7. The number of carbonyl (C=O) groups is 1. The summed E-state index contributed by atoms with van der Waals surface area (Å²) in [5, 5.41) is 8.91. The smallest absolute Gasteiger partial charge is 0.259 e. The van der Waals surface area contributed by atoms with Crippen LogP contribution in [0.5, 0.6) is 0 Å². The molecule has 1 amide bonds. The van der Waals surface area contributed by atoms with Crippen LogP contribution in [-0.2, 0) is 0 Å². The molecule has 20 heavy (non-hydrogen) atoms. The first-order valence-corrected chi connectivity index (χ1v) is 6.25. The highest BCUT2D eigenvalue weighted by molar-refractivity contribution is 6.06. The zero-order valence-electron chi connectivity index (χ0n) is 11.7. The number of pyridine rings is 1. The van der Waals surface area contributed by atoms with Gasteiger partial charge < -0.3 is 4.90 Å². The van der Waals surface area contributed by atoms with Crippen molar-refractivity contribution >= 4 is 11.6 Å². The van der Waals surface area contributed by atoms with Crippen molar-refractivity contribution in [3.8, 4) is 6.07 Å². The lowest BCUT2D eigenvalue weighted by molar-refractivity contribution is 0.0992. The molecule has 0 fully saturated rings. The molecule has 0 aliphatic carbocycles.